The number of aromatic nitrogens is 4. The Morgan fingerprint density at radius 3 is 2.60 bits per heavy atom. The maximum atomic E-state index is 12.7. The number of fused-ring (bicyclic) bond motifs is 2. The zero-order valence-electron chi connectivity index (χ0n) is 13.4. The van der Waals surface area contributed by atoms with Crippen LogP contribution < -0.4 is 15.7 Å². The molecule has 0 saturated heterocycles. The number of nitrogens with one attached hydrogen (secondary N) is 1. The van der Waals surface area contributed by atoms with Gasteiger partial charge in [0.1, 0.15) is 5.75 Å². The standard InChI is InChI=1S/C18H14N4O3/c1-25-12-8-6-11(7-9-12)10-22-16-15(20-21-22)17(23)13-4-2-3-5-14(13)19-18(16)24/h2-9H,10H2,1H3,(H,19,24). The molecule has 0 aliphatic heterocycles. The highest BCUT2D eigenvalue weighted by Gasteiger charge is 2.13. The van der Waals surface area contributed by atoms with Crippen LogP contribution in [0.3, 0.4) is 0 Å². The summed E-state index contributed by atoms with van der Waals surface area (Å²) in [6, 6.07) is 14.3. The van der Waals surface area contributed by atoms with Crippen LogP contribution in [0.4, 0.5) is 0 Å². The van der Waals surface area contributed by atoms with Gasteiger partial charge in [0, 0.05) is 5.39 Å². The van der Waals surface area contributed by atoms with Gasteiger partial charge < -0.3 is 9.72 Å². The van der Waals surface area contributed by atoms with Crippen molar-refractivity contribution in [1.82, 2.24) is 20.0 Å². The third-order valence-corrected chi connectivity index (χ3v) is 4.08. The molecular weight excluding hydrogens is 320 g/mol. The predicted octanol–water partition coefficient (Wildman–Crippen LogP) is 1.69. The Morgan fingerprint density at radius 1 is 1.08 bits per heavy atom. The molecule has 0 atom stereocenters. The smallest absolute Gasteiger partial charge is 0.276 e. The second-order valence-corrected chi connectivity index (χ2v) is 5.62. The number of H-pyrrole nitrogens is 1. The fourth-order valence-corrected chi connectivity index (χ4v) is 2.80. The van der Waals surface area contributed by atoms with E-state index in [-0.39, 0.29) is 16.5 Å². The lowest BCUT2D eigenvalue weighted by Crippen LogP contribution is -2.11. The Bertz CT molecular complexity index is 1190. The average Bonchev–Trinajstić information content (AvgIpc) is 3.01. The Labute approximate surface area is 141 Å². The van der Waals surface area contributed by atoms with E-state index in [1.165, 1.54) is 4.68 Å². The number of nitrogens with zero attached hydrogens (tertiary/aromatic N) is 3. The first-order valence-electron chi connectivity index (χ1n) is 7.69. The van der Waals surface area contributed by atoms with Gasteiger partial charge in [-0.3, -0.25) is 9.59 Å². The van der Waals surface area contributed by atoms with Gasteiger partial charge in [0.25, 0.3) is 5.56 Å². The van der Waals surface area contributed by atoms with Crippen LogP contribution >= 0.6 is 0 Å². The Hall–Kier alpha value is -3.48. The maximum Gasteiger partial charge on any atom is 0.276 e. The van der Waals surface area contributed by atoms with Crippen molar-refractivity contribution < 1.29 is 4.74 Å². The molecular formula is C18H14N4O3. The number of para-hydroxylation sites is 1. The second kappa shape index (κ2) is 5.86. The summed E-state index contributed by atoms with van der Waals surface area (Å²) in [5.74, 6) is 0.740. The van der Waals surface area contributed by atoms with Crippen molar-refractivity contribution in [1.29, 1.82) is 0 Å². The highest BCUT2D eigenvalue weighted by atomic mass is 16.5. The minimum Gasteiger partial charge on any atom is -0.497 e. The monoisotopic (exact) mass is 334 g/mol. The summed E-state index contributed by atoms with van der Waals surface area (Å²) in [5.41, 5.74) is 0.909. The van der Waals surface area contributed by atoms with Gasteiger partial charge in [0.05, 0.1) is 19.2 Å². The van der Waals surface area contributed by atoms with E-state index in [0.717, 1.165) is 11.3 Å². The van der Waals surface area contributed by atoms with Crippen LogP contribution in [0.2, 0.25) is 0 Å². The lowest BCUT2D eigenvalue weighted by Gasteiger charge is -2.03. The molecule has 0 radical (unpaired) electrons. The normalized spacial score (nSPS) is 11.1. The number of hydrogen-bond donors (Lipinski definition) is 1. The average molecular weight is 334 g/mol. The minimum atomic E-state index is -0.396. The molecule has 4 rings (SSSR count). The van der Waals surface area contributed by atoms with Crippen molar-refractivity contribution in [2.45, 2.75) is 6.54 Å². The van der Waals surface area contributed by atoms with Crippen LogP contribution in [0.15, 0.2) is 58.1 Å². The molecule has 7 nitrogen and oxygen atoms in total. The van der Waals surface area contributed by atoms with Crippen molar-refractivity contribution in [3.63, 3.8) is 0 Å². The third kappa shape index (κ3) is 2.55. The summed E-state index contributed by atoms with van der Waals surface area (Å²) < 4.78 is 6.58. The van der Waals surface area contributed by atoms with E-state index in [4.69, 9.17) is 4.74 Å². The van der Waals surface area contributed by atoms with Gasteiger partial charge in [-0.25, -0.2) is 4.68 Å². The minimum absolute atomic E-state index is 0.0657. The summed E-state index contributed by atoms with van der Waals surface area (Å²) in [6.45, 7) is 0.323. The summed E-state index contributed by atoms with van der Waals surface area (Å²) in [5, 5.41) is 8.37. The molecule has 124 valence electrons. The van der Waals surface area contributed by atoms with E-state index in [1.54, 1.807) is 31.4 Å². The van der Waals surface area contributed by atoms with Crippen molar-refractivity contribution in [2.24, 2.45) is 0 Å². The molecule has 7 heteroatoms. The third-order valence-electron chi connectivity index (χ3n) is 4.08. The number of hydrogen-bond acceptors (Lipinski definition) is 5. The highest BCUT2D eigenvalue weighted by molar-refractivity contribution is 5.86. The fraction of sp³-hybridized carbons (Fsp3) is 0.111. The van der Waals surface area contributed by atoms with E-state index in [1.807, 2.05) is 24.3 Å². The van der Waals surface area contributed by atoms with Gasteiger partial charge in [0.15, 0.2) is 11.0 Å². The molecule has 0 bridgehead atoms. The quantitative estimate of drug-likeness (QED) is 0.616. The molecule has 0 unspecified atom stereocenters. The summed E-state index contributed by atoms with van der Waals surface area (Å²) in [4.78, 5) is 28.1. The molecule has 2 aromatic carbocycles. The summed E-state index contributed by atoms with van der Waals surface area (Å²) in [7, 11) is 1.60. The molecule has 0 amide bonds. The number of benzene rings is 2. The topological polar surface area (TPSA) is 89.9 Å². The fourth-order valence-electron chi connectivity index (χ4n) is 2.80. The first kappa shape index (κ1) is 15.1. The Kier molecular flexibility index (Phi) is 3.53. The van der Waals surface area contributed by atoms with Crippen molar-refractivity contribution in [3.8, 4) is 5.75 Å². The first-order chi connectivity index (χ1) is 12.2. The molecule has 4 aromatic rings. The zero-order valence-corrected chi connectivity index (χ0v) is 13.4. The number of ether oxygens (including phenoxy) is 1. The predicted molar refractivity (Wildman–Crippen MR) is 94.0 cm³/mol. The number of aromatic amines is 1. The van der Waals surface area contributed by atoms with Crippen LogP contribution in [0.25, 0.3) is 21.9 Å². The summed E-state index contributed by atoms with van der Waals surface area (Å²) >= 11 is 0. The van der Waals surface area contributed by atoms with Crippen molar-refractivity contribution in [3.05, 3.63) is 74.7 Å². The van der Waals surface area contributed by atoms with Gasteiger partial charge in [-0.15, -0.1) is 5.10 Å². The molecule has 0 saturated carbocycles. The number of rotatable bonds is 3. The molecule has 0 spiro atoms. The second-order valence-electron chi connectivity index (χ2n) is 5.62. The molecule has 25 heavy (non-hydrogen) atoms. The van der Waals surface area contributed by atoms with Crippen molar-refractivity contribution >= 4 is 21.9 Å². The van der Waals surface area contributed by atoms with E-state index >= 15 is 0 Å². The van der Waals surface area contributed by atoms with Gasteiger partial charge >= 0.3 is 0 Å². The van der Waals surface area contributed by atoms with Crippen LogP contribution in [0.1, 0.15) is 5.56 Å². The maximum absolute atomic E-state index is 12.7. The molecule has 0 aliphatic rings. The lowest BCUT2D eigenvalue weighted by atomic mass is 10.2. The van der Waals surface area contributed by atoms with Crippen LogP contribution in [0, 0.1) is 0 Å². The Morgan fingerprint density at radius 2 is 1.84 bits per heavy atom. The van der Waals surface area contributed by atoms with Gasteiger partial charge in [0.2, 0.25) is 5.43 Å². The first-order valence-corrected chi connectivity index (χ1v) is 7.69. The van der Waals surface area contributed by atoms with Gasteiger partial charge in [-0.1, -0.05) is 29.5 Å². The van der Waals surface area contributed by atoms with Crippen LogP contribution in [-0.4, -0.2) is 27.1 Å². The van der Waals surface area contributed by atoms with Crippen LogP contribution in [0.5, 0.6) is 5.75 Å². The largest absolute Gasteiger partial charge is 0.497 e. The molecule has 0 aliphatic carbocycles. The van der Waals surface area contributed by atoms with E-state index in [0.29, 0.717) is 17.4 Å². The Balaban J connectivity index is 1.92. The van der Waals surface area contributed by atoms with E-state index < -0.39 is 5.56 Å². The van der Waals surface area contributed by atoms with Crippen LogP contribution in [-0.2, 0) is 6.54 Å². The van der Waals surface area contributed by atoms with E-state index in [2.05, 4.69) is 15.3 Å². The molecule has 2 aromatic heterocycles. The summed E-state index contributed by atoms with van der Waals surface area (Å²) in [6.07, 6.45) is 0. The van der Waals surface area contributed by atoms with Crippen molar-refractivity contribution in [2.75, 3.05) is 7.11 Å². The van der Waals surface area contributed by atoms with E-state index in [9.17, 15) is 9.59 Å². The molecule has 1 N–H and O–H groups in total. The highest BCUT2D eigenvalue weighted by Crippen LogP contribution is 2.13. The SMILES string of the molecule is COc1ccc(Cn2nnc3c(=O)c4ccccc4[nH]c(=O)c32)cc1. The van der Waals surface area contributed by atoms with Gasteiger partial charge in [-0.05, 0) is 29.8 Å². The number of methoxy groups -OCH3 is 1. The molecule has 2 heterocycles. The lowest BCUT2D eigenvalue weighted by molar-refractivity contribution is 0.414. The molecule has 0 fully saturated rings. The zero-order chi connectivity index (χ0) is 17.4. The van der Waals surface area contributed by atoms with Gasteiger partial charge in [-0.2, -0.15) is 0 Å².